The maximum Gasteiger partial charge on any atom is 0.410 e. The number of carbonyl (C=O) groups excluding carboxylic acids is 1. The average Bonchev–Trinajstić information content (AvgIpc) is 2.75. The Kier molecular flexibility index (Phi) is 6.29. The summed E-state index contributed by atoms with van der Waals surface area (Å²) in [5.41, 5.74) is 12.3. The van der Waals surface area contributed by atoms with Crippen molar-refractivity contribution in [1.82, 2.24) is 14.9 Å². The van der Waals surface area contributed by atoms with Crippen LogP contribution >= 0.6 is 0 Å². The van der Waals surface area contributed by atoms with E-state index in [2.05, 4.69) is 22.1 Å². The van der Waals surface area contributed by atoms with E-state index in [1.165, 1.54) is 0 Å². The highest BCUT2D eigenvalue weighted by molar-refractivity contribution is 5.68. The van der Waals surface area contributed by atoms with Gasteiger partial charge in [-0.1, -0.05) is 6.08 Å². The van der Waals surface area contributed by atoms with Gasteiger partial charge in [0.15, 0.2) is 0 Å². The van der Waals surface area contributed by atoms with Gasteiger partial charge in [-0.15, -0.1) is 0 Å². The fraction of sp³-hybridized carbons (Fsp3) is 0.480. The Hall–Kier alpha value is -3.49. The molecule has 1 atom stereocenters. The molecule has 0 aliphatic carbocycles. The molecule has 0 radical (unpaired) electrons. The number of ether oxygens (including phenoxy) is 3. The normalized spacial score (nSPS) is 17.6. The minimum atomic E-state index is -0.501. The Balaban J connectivity index is 1.36. The number of nitrogens with two attached hydrogens (primary N) is 2. The molecule has 2 aliphatic rings. The van der Waals surface area contributed by atoms with E-state index in [1.807, 2.05) is 45.9 Å². The molecule has 9 heteroatoms. The lowest BCUT2D eigenvalue weighted by atomic mass is 9.88. The third-order valence-corrected chi connectivity index (χ3v) is 5.88. The van der Waals surface area contributed by atoms with Gasteiger partial charge in [0.25, 0.3) is 0 Å². The summed E-state index contributed by atoms with van der Waals surface area (Å²) < 4.78 is 18.0. The van der Waals surface area contributed by atoms with Crippen LogP contribution in [-0.4, -0.2) is 51.4 Å². The maximum atomic E-state index is 12.4. The molecule has 9 nitrogen and oxygen atoms in total. The molecule has 1 spiro atoms. The average molecular weight is 468 g/mol. The highest BCUT2D eigenvalue weighted by Gasteiger charge is 2.39. The second kappa shape index (κ2) is 9.04. The molecule has 3 heterocycles. The number of piperidine rings is 1. The van der Waals surface area contributed by atoms with E-state index < -0.39 is 11.2 Å². The number of nitrogen functional groups attached to an aromatic ring is 2. The van der Waals surface area contributed by atoms with Crippen molar-refractivity contribution in [2.24, 2.45) is 0 Å². The van der Waals surface area contributed by atoms with Gasteiger partial charge < -0.3 is 30.6 Å². The van der Waals surface area contributed by atoms with Crippen molar-refractivity contribution < 1.29 is 19.0 Å². The van der Waals surface area contributed by atoms with E-state index in [0.717, 1.165) is 22.6 Å². The summed E-state index contributed by atoms with van der Waals surface area (Å²) in [5, 5.41) is 0. The second-order valence-corrected chi connectivity index (χ2v) is 9.94. The molecule has 2 aliphatic heterocycles. The Morgan fingerprint density at radius 2 is 2.00 bits per heavy atom. The predicted octanol–water partition coefficient (Wildman–Crippen LogP) is 3.83. The third kappa shape index (κ3) is 5.52. The summed E-state index contributed by atoms with van der Waals surface area (Å²) >= 11 is 0. The zero-order valence-corrected chi connectivity index (χ0v) is 20.2. The molecule has 4 rings (SSSR count). The van der Waals surface area contributed by atoms with Crippen LogP contribution in [0.15, 0.2) is 30.5 Å². The fourth-order valence-electron chi connectivity index (χ4n) is 4.16. The van der Waals surface area contributed by atoms with Gasteiger partial charge in [0.2, 0.25) is 5.95 Å². The van der Waals surface area contributed by atoms with Gasteiger partial charge in [0.1, 0.15) is 34.6 Å². The Morgan fingerprint density at radius 1 is 1.26 bits per heavy atom. The first-order valence-corrected chi connectivity index (χ1v) is 11.6. The number of benzene rings is 1. The Labute approximate surface area is 200 Å². The number of amides is 1. The number of aromatic nitrogens is 2. The highest BCUT2D eigenvalue weighted by atomic mass is 16.6. The van der Waals surface area contributed by atoms with E-state index in [4.69, 9.17) is 25.7 Å². The molecule has 1 fully saturated rings. The molecule has 0 bridgehead atoms. The summed E-state index contributed by atoms with van der Waals surface area (Å²) in [6.45, 7) is 8.77. The smallest absolute Gasteiger partial charge is 0.410 e. The lowest BCUT2D eigenvalue weighted by Crippen LogP contribution is -2.50. The number of hydrogen-bond acceptors (Lipinski definition) is 8. The predicted molar refractivity (Wildman–Crippen MR) is 131 cm³/mol. The second-order valence-electron chi connectivity index (χ2n) is 9.94. The highest BCUT2D eigenvalue weighted by Crippen LogP contribution is 2.39. The standard InChI is InChI=1S/C25H33N5O4/c1-16(13-18-15-28-22(27)29-21(18)26)32-19-5-6-20-17(14-19)7-8-25(33-20)9-11-30(12-10-25)23(31)34-24(2,3)4/h5-8,14-16H,9-13H2,1-4H3,(H4,26,27,28,29). The van der Waals surface area contributed by atoms with Crippen molar-refractivity contribution in [3.63, 3.8) is 0 Å². The van der Waals surface area contributed by atoms with E-state index in [-0.39, 0.29) is 18.1 Å². The molecule has 182 valence electrons. The monoisotopic (exact) mass is 467 g/mol. The largest absolute Gasteiger partial charge is 0.490 e. The number of hydrogen-bond donors (Lipinski definition) is 2. The first-order valence-electron chi connectivity index (χ1n) is 11.6. The van der Waals surface area contributed by atoms with Gasteiger partial charge >= 0.3 is 6.09 Å². The lowest BCUT2D eigenvalue weighted by molar-refractivity contribution is -0.00105. The molecule has 1 amide bonds. The molecule has 4 N–H and O–H groups in total. The van der Waals surface area contributed by atoms with Gasteiger partial charge in [-0.25, -0.2) is 9.78 Å². The van der Waals surface area contributed by atoms with Gasteiger partial charge in [0.05, 0.1) is 0 Å². The van der Waals surface area contributed by atoms with Crippen molar-refractivity contribution in [3.8, 4) is 11.5 Å². The Morgan fingerprint density at radius 3 is 2.68 bits per heavy atom. The van der Waals surface area contributed by atoms with Crippen LogP contribution in [-0.2, 0) is 11.2 Å². The van der Waals surface area contributed by atoms with Crippen molar-refractivity contribution in [1.29, 1.82) is 0 Å². The number of carbonyl (C=O) groups is 1. The molecule has 34 heavy (non-hydrogen) atoms. The number of likely N-dealkylation sites (tertiary alicyclic amines) is 1. The molecule has 1 aromatic carbocycles. The zero-order valence-electron chi connectivity index (χ0n) is 20.2. The van der Waals surface area contributed by atoms with Crippen LogP contribution in [0.5, 0.6) is 11.5 Å². The van der Waals surface area contributed by atoms with E-state index >= 15 is 0 Å². The first kappa shape index (κ1) is 23.7. The van der Waals surface area contributed by atoms with E-state index in [0.29, 0.717) is 38.2 Å². The van der Waals surface area contributed by atoms with Crippen LogP contribution in [0.2, 0.25) is 0 Å². The van der Waals surface area contributed by atoms with Crippen molar-refractivity contribution in [3.05, 3.63) is 41.6 Å². The van der Waals surface area contributed by atoms with Crippen molar-refractivity contribution in [2.45, 2.75) is 64.3 Å². The van der Waals surface area contributed by atoms with Crippen LogP contribution in [0.3, 0.4) is 0 Å². The topological polar surface area (TPSA) is 126 Å². The summed E-state index contributed by atoms with van der Waals surface area (Å²) in [6.07, 6.45) is 7.38. The third-order valence-electron chi connectivity index (χ3n) is 5.88. The maximum absolute atomic E-state index is 12.4. The number of nitrogens with zero attached hydrogens (tertiary/aromatic N) is 3. The van der Waals surface area contributed by atoms with Gasteiger partial charge in [-0.2, -0.15) is 4.98 Å². The molecule has 1 aromatic heterocycles. The number of rotatable bonds is 4. The SMILES string of the molecule is CC(Cc1cnc(N)nc1N)Oc1ccc2c(c1)C=CC1(CCN(C(=O)OC(C)(C)C)CC1)O2. The van der Waals surface area contributed by atoms with Crippen LogP contribution in [0.25, 0.3) is 6.08 Å². The van der Waals surface area contributed by atoms with Crippen LogP contribution in [0.4, 0.5) is 16.6 Å². The first-order chi connectivity index (χ1) is 16.0. The quantitative estimate of drug-likeness (QED) is 0.695. The number of fused-ring (bicyclic) bond motifs is 1. The molecular weight excluding hydrogens is 434 g/mol. The Bertz CT molecular complexity index is 1090. The molecule has 1 unspecified atom stereocenters. The number of anilines is 2. The van der Waals surface area contributed by atoms with Crippen LogP contribution in [0, 0.1) is 0 Å². The van der Waals surface area contributed by atoms with Crippen LogP contribution in [0.1, 0.15) is 51.7 Å². The minimum Gasteiger partial charge on any atom is -0.490 e. The summed E-state index contributed by atoms with van der Waals surface area (Å²) in [7, 11) is 0. The van der Waals surface area contributed by atoms with Crippen LogP contribution < -0.4 is 20.9 Å². The fourth-order valence-corrected chi connectivity index (χ4v) is 4.16. The van der Waals surface area contributed by atoms with Gasteiger partial charge in [-0.3, -0.25) is 0 Å². The molecule has 1 saturated heterocycles. The molecular formula is C25H33N5O4. The van der Waals surface area contributed by atoms with E-state index in [1.54, 1.807) is 11.1 Å². The zero-order chi connectivity index (χ0) is 24.5. The molecule has 2 aromatic rings. The lowest BCUT2D eigenvalue weighted by Gasteiger charge is -2.42. The molecule has 0 saturated carbocycles. The van der Waals surface area contributed by atoms with Crippen molar-refractivity contribution in [2.75, 3.05) is 24.6 Å². The van der Waals surface area contributed by atoms with E-state index in [9.17, 15) is 4.79 Å². The van der Waals surface area contributed by atoms with Gasteiger partial charge in [-0.05, 0) is 52.0 Å². The summed E-state index contributed by atoms with van der Waals surface area (Å²) in [6, 6.07) is 5.80. The van der Waals surface area contributed by atoms with Gasteiger partial charge in [0, 0.05) is 49.7 Å². The van der Waals surface area contributed by atoms with Crippen molar-refractivity contribution >= 4 is 23.9 Å². The summed E-state index contributed by atoms with van der Waals surface area (Å²) in [5.74, 6) is 2.08. The summed E-state index contributed by atoms with van der Waals surface area (Å²) in [4.78, 5) is 22.1. The minimum absolute atomic E-state index is 0.135.